The van der Waals surface area contributed by atoms with Gasteiger partial charge >= 0.3 is 5.97 Å². The monoisotopic (exact) mass is 287 g/mol. The topological polar surface area (TPSA) is 59.3 Å². The van der Waals surface area contributed by atoms with E-state index < -0.39 is 5.97 Å². The predicted octanol–water partition coefficient (Wildman–Crippen LogP) is 3.72. The number of esters is 1. The lowest BCUT2D eigenvalue weighted by Gasteiger charge is -2.12. The largest absolute Gasteiger partial charge is 0.490 e. The van der Waals surface area contributed by atoms with E-state index in [-0.39, 0.29) is 11.7 Å². The molecule has 0 atom stereocenters. The van der Waals surface area contributed by atoms with Crippen molar-refractivity contribution in [2.24, 2.45) is 0 Å². The van der Waals surface area contributed by atoms with Gasteiger partial charge in [-0.25, -0.2) is 4.79 Å². The summed E-state index contributed by atoms with van der Waals surface area (Å²) in [5, 5.41) is 9.13. The highest BCUT2D eigenvalue weighted by Crippen LogP contribution is 2.22. The second kappa shape index (κ2) is 8.80. The first-order valence-electron chi connectivity index (χ1n) is 7.13. The van der Waals surface area contributed by atoms with E-state index in [9.17, 15) is 4.79 Å². The Morgan fingerprint density at radius 3 is 2.71 bits per heavy atom. The van der Waals surface area contributed by atoms with Crippen molar-refractivity contribution in [3.05, 3.63) is 35.4 Å². The van der Waals surface area contributed by atoms with E-state index in [0.29, 0.717) is 17.9 Å². The number of nitriles is 1. The molecule has 0 radical (unpaired) electrons. The van der Waals surface area contributed by atoms with E-state index in [4.69, 9.17) is 14.7 Å². The molecular weight excluding hydrogens is 266 g/mol. The van der Waals surface area contributed by atoms with Crippen molar-refractivity contribution in [1.29, 1.82) is 5.26 Å². The zero-order valence-corrected chi connectivity index (χ0v) is 12.8. The fourth-order valence-corrected chi connectivity index (χ4v) is 1.64. The number of hydrogen-bond acceptors (Lipinski definition) is 4. The molecule has 4 nitrogen and oxygen atoms in total. The van der Waals surface area contributed by atoms with Crippen molar-refractivity contribution in [2.45, 2.75) is 39.7 Å². The first kappa shape index (κ1) is 16.8. The summed E-state index contributed by atoms with van der Waals surface area (Å²) in [5.41, 5.74) is 0.668. The van der Waals surface area contributed by atoms with E-state index in [0.717, 1.165) is 12.8 Å². The molecule has 112 valence electrons. The van der Waals surface area contributed by atoms with E-state index in [2.05, 4.69) is 0 Å². The summed E-state index contributed by atoms with van der Waals surface area (Å²) >= 11 is 0. The minimum atomic E-state index is -0.592. The maximum atomic E-state index is 11.8. The SMILES string of the molecule is CCCCOC(=O)/C(C#N)=C\c1ccccc1OC(C)C. The Bertz CT molecular complexity index is 541. The summed E-state index contributed by atoms with van der Waals surface area (Å²) in [6.45, 7) is 6.18. The average Bonchev–Trinajstić information content (AvgIpc) is 2.45. The summed E-state index contributed by atoms with van der Waals surface area (Å²) in [7, 11) is 0. The highest BCUT2D eigenvalue weighted by atomic mass is 16.5. The first-order chi connectivity index (χ1) is 10.1. The minimum Gasteiger partial charge on any atom is -0.490 e. The van der Waals surface area contributed by atoms with Gasteiger partial charge in [-0.3, -0.25) is 0 Å². The standard InChI is InChI=1S/C17H21NO3/c1-4-5-10-20-17(19)15(12-18)11-14-8-6-7-9-16(14)21-13(2)3/h6-9,11,13H,4-5,10H2,1-3H3/b15-11-. The molecule has 0 aromatic heterocycles. The van der Waals surface area contributed by atoms with E-state index in [1.165, 1.54) is 6.08 Å². The Kier molecular flexibility index (Phi) is 7.03. The smallest absolute Gasteiger partial charge is 0.348 e. The van der Waals surface area contributed by atoms with Gasteiger partial charge in [0.1, 0.15) is 17.4 Å². The first-order valence-corrected chi connectivity index (χ1v) is 7.13. The molecule has 1 aromatic rings. The molecule has 0 amide bonds. The minimum absolute atomic E-state index is 0.0154. The molecule has 0 bridgehead atoms. The van der Waals surface area contributed by atoms with Crippen molar-refractivity contribution in [3.8, 4) is 11.8 Å². The van der Waals surface area contributed by atoms with Crippen molar-refractivity contribution < 1.29 is 14.3 Å². The van der Waals surface area contributed by atoms with Crippen LogP contribution in [-0.2, 0) is 9.53 Å². The fraction of sp³-hybridized carbons (Fsp3) is 0.412. The molecule has 4 heteroatoms. The van der Waals surface area contributed by atoms with Gasteiger partial charge in [0.2, 0.25) is 0 Å². The van der Waals surface area contributed by atoms with E-state index in [1.807, 2.05) is 45.0 Å². The third-order valence-electron chi connectivity index (χ3n) is 2.65. The van der Waals surface area contributed by atoms with Crippen LogP contribution < -0.4 is 4.74 Å². The van der Waals surface area contributed by atoms with Gasteiger partial charge in [0, 0.05) is 5.56 Å². The number of carbonyl (C=O) groups is 1. The Hall–Kier alpha value is -2.28. The Labute approximate surface area is 126 Å². The quantitative estimate of drug-likeness (QED) is 0.332. The highest BCUT2D eigenvalue weighted by Gasteiger charge is 2.12. The molecule has 1 rings (SSSR count). The summed E-state index contributed by atoms with van der Waals surface area (Å²) in [5.74, 6) is 0.0481. The lowest BCUT2D eigenvalue weighted by molar-refractivity contribution is -0.138. The number of nitrogens with zero attached hydrogens (tertiary/aromatic N) is 1. The normalized spacial score (nSPS) is 11.1. The molecular formula is C17H21NO3. The number of carbonyl (C=O) groups excluding carboxylic acids is 1. The van der Waals surface area contributed by atoms with Gasteiger partial charge in [-0.15, -0.1) is 0 Å². The van der Waals surface area contributed by atoms with Crippen molar-refractivity contribution in [3.63, 3.8) is 0 Å². The Morgan fingerprint density at radius 1 is 1.38 bits per heavy atom. The maximum Gasteiger partial charge on any atom is 0.348 e. The molecule has 0 N–H and O–H groups in total. The number of para-hydroxylation sites is 1. The van der Waals surface area contributed by atoms with Crippen LogP contribution >= 0.6 is 0 Å². The van der Waals surface area contributed by atoms with Gasteiger partial charge in [-0.05, 0) is 32.4 Å². The summed E-state index contributed by atoms with van der Waals surface area (Å²) in [6.07, 6.45) is 3.24. The summed E-state index contributed by atoms with van der Waals surface area (Å²) in [6, 6.07) is 9.18. The predicted molar refractivity (Wildman–Crippen MR) is 81.7 cm³/mol. The van der Waals surface area contributed by atoms with Crippen LogP contribution in [-0.4, -0.2) is 18.7 Å². The van der Waals surface area contributed by atoms with Crippen LogP contribution in [0.3, 0.4) is 0 Å². The zero-order chi connectivity index (χ0) is 15.7. The van der Waals surface area contributed by atoms with Gasteiger partial charge < -0.3 is 9.47 Å². The number of unbranched alkanes of at least 4 members (excludes halogenated alkanes) is 1. The number of hydrogen-bond donors (Lipinski definition) is 0. The lowest BCUT2D eigenvalue weighted by atomic mass is 10.1. The molecule has 0 spiro atoms. The number of ether oxygens (including phenoxy) is 2. The van der Waals surface area contributed by atoms with Crippen LogP contribution in [0.15, 0.2) is 29.8 Å². The fourth-order valence-electron chi connectivity index (χ4n) is 1.64. The van der Waals surface area contributed by atoms with Crippen LogP contribution in [0.5, 0.6) is 5.75 Å². The molecule has 0 aliphatic rings. The molecule has 21 heavy (non-hydrogen) atoms. The molecule has 0 saturated heterocycles. The van der Waals surface area contributed by atoms with Gasteiger partial charge in [-0.1, -0.05) is 31.5 Å². The molecule has 1 aromatic carbocycles. The number of rotatable bonds is 7. The average molecular weight is 287 g/mol. The molecule has 0 unspecified atom stereocenters. The lowest BCUT2D eigenvalue weighted by Crippen LogP contribution is -2.09. The molecule has 0 fully saturated rings. The van der Waals surface area contributed by atoms with Crippen LogP contribution in [0, 0.1) is 11.3 Å². The highest BCUT2D eigenvalue weighted by molar-refractivity contribution is 5.98. The van der Waals surface area contributed by atoms with Gasteiger partial charge in [0.25, 0.3) is 0 Å². The van der Waals surface area contributed by atoms with Crippen LogP contribution in [0.2, 0.25) is 0 Å². The molecule has 0 aliphatic carbocycles. The van der Waals surface area contributed by atoms with Gasteiger partial charge in [0.15, 0.2) is 0 Å². The second-order valence-electron chi connectivity index (χ2n) is 4.86. The molecule has 0 heterocycles. The molecule has 0 saturated carbocycles. The summed E-state index contributed by atoms with van der Waals surface area (Å²) in [4.78, 5) is 11.8. The van der Waals surface area contributed by atoms with E-state index in [1.54, 1.807) is 6.07 Å². The second-order valence-corrected chi connectivity index (χ2v) is 4.86. The third-order valence-corrected chi connectivity index (χ3v) is 2.65. The summed E-state index contributed by atoms with van der Waals surface area (Å²) < 4.78 is 10.7. The van der Waals surface area contributed by atoms with Crippen LogP contribution in [0.25, 0.3) is 6.08 Å². The zero-order valence-electron chi connectivity index (χ0n) is 12.8. The Balaban J connectivity index is 2.93. The van der Waals surface area contributed by atoms with E-state index >= 15 is 0 Å². The molecule has 0 aliphatic heterocycles. The van der Waals surface area contributed by atoms with Crippen molar-refractivity contribution in [2.75, 3.05) is 6.61 Å². The Morgan fingerprint density at radius 2 is 2.10 bits per heavy atom. The number of benzene rings is 1. The van der Waals surface area contributed by atoms with Gasteiger partial charge in [-0.2, -0.15) is 5.26 Å². The maximum absolute atomic E-state index is 11.8. The van der Waals surface area contributed by atoms with Gasteiger partial charge in [0.05, 0.1) is 12.7 Å². The van der Waals surface area contributed by atoms with Crippen LogP contribution in [0.4, 0.5) is 0 Å². The van der Waals surface area contributed by atoms with Crippen LogP contribution in [0.1, 0.15) is 39.2 Å². The third kappa shape index (κ3) is 5.70. The van der Waals surface area contributed by atoms with Crippen molar-refractivity contribution >= 4 is 12.0 Å². The van der Waals surface area contributed by atoms with Crippen molar-refractivity contribution in [1.82, 2.24) is 0 Å².